The van der Waals surface area contributed by atoms with Crippen molar-refractivity contribution in [2.24, 2.45) is 12.5 Å². The minimum atomic E-state index is -0.0167. The van der Waals surface area contributed by atoms with Gasteiger partial charge in [-0.3, -0.25) is 19.3 Å². The number of hydrogen-bond acceptors (Lipinski definition) is 4. The Morgan fingerprint density at radius 3 is 2.73 bits per heavy atom. The molecule has 7 nitrogen and oxygen atoms in total. The number of rotatable bonds is 3. The Kier molecular flexibility index (Phi) is 4.22. The highest BCUT2D eigenvalue weighted by atomic mass is 16.2. The van der Waals surface area contributed by atoms with Crippen LogP contribution >= 0.6 is 0 Å². The summed E-state index contributed by atoms with van der Waals surface area (Å²) in [4.78, 5) is 33.0. The van der Waals surface area contributed by atoms with Crippen molar-refractivity contribution in [1.29, 1.82) is 0 Å². The number of likely N-dealkylation sites (tertiary alicyclic amines) is 2. The average Bonchev–Trinajstić information content (AvgIpc) is 3.20. The molecule has 0 N–H and O–H groups in total. The Morgan fingerprint density at radius 1 is 1.27 bits per heavy atom. The van der Waals surface area contributed by atoms with Crippen LogP contribution in [-0.4, -0.2) is 56.0 Å². The van der Waals surface area contributed by atoms with Crippen LogP contribution in [0.25, 0.3) is 0 Å². The van der Waals surface area contributed by atoms with Crippen LogP contribution in [0.5, 0.6) is 0 Å². The van der Waals surface area contributed by atoms with Crippen molar-refractivity contribution in [1.82, 2.24) is 24.6 Å². The van der Waals surface area contributed by atoms with Gasteiger partial charge in [0.1, 0.15) is 5.69 Å². The van der Waals surface area contributed by atoms with Crippen LogP contribution in [0.2, 0.25) is 0 Å². The zero-order valence-electron chi connectivity index (χ0n) is 15.0. The molecule has 0 bridgehead atoms. The smallest absolute Gasteiger partial charge is 0.274 e. The molecule has 0 aromatic carbocycles. The topological polar surface area (TPSA) is 71.3 Å². The summed E-state index contributed by atoms with van der Waals surface area (Å²) in [6.07, 6.45) is 7.64. The predicted octanol–water partition coefficient (Wildman–Crippen LogP) is 1.47. The molecule has 2 aromatic heterocycles. The molecule has 2 aromatic rings. The molecule has 2 amide bonds. The molecule has 2 aliphatic heterocycles. The highest BCUT2D eigenvalue weighted by Crippen LogP contribution is 2.41. The first-order valence-corrected chi connectivity index (χ1v) is 9.00. The van der Waals surface area contributed by atoms with Crippen molar-refractivity contribution in [3.8, 4) is 0 Å². The molecule has 0 unspecified atom stereocenters. The van der Waals surface area contributed by atoms with E-state index in [0.717, 1.165) is 24.9 Å². The summed E-state index contributed by atoms with van der Waals surface area (Å²) in [6, 6.07) is 5.65. The number of aryl methyl sites for hydroxylation is 1. The fraction of sp³-hybridized carbons (Fsp3) is 0.474. The lowest BCUT2D eigenvalue weighted by molar-refractivity contribution is -0.128. The molecule has 0 aliphatic carbocycles. The molecule has 0 saturated carbocycles. The maximum Gasteiger partial charge on any atom is 0.274 e. The number of piperidine rings is 1. The summed E-state index contributed by atoms with van der Waals surface area (Å²) in [6.45, 7) is 2.75. The van der Waals surface area contributed by atoms with Gasteiger partial charge in [0.15, 0.2) is 0 Å². The van der Waals surface area contributed by atoms with Gasteiger partial charge in [-0.1, -0.05) is 6.07 Å². The van der Waals surface area contributed by atoms with E-state index in [1.54, 1.807) is 23.1 Å². The number of aromatic nitrogens is 3. The van der Waals surface area contributed by atoms with E-state index in [-0.39, 0.29) is 17.2 Å². The lowest BCUT2D eigenvalue weighted by Gasteiger charge is -2.38. The van der Waals surface area contributed by atoms with Crippen LogP contribution in [0, 0.1) is 5.41 Å². The van der Waals surface area contributed by atoms with Gasteiger partial charge in [-0.25, -0.2) is 0 Å². The van der Waals surface area contributed by atoms with Crippen LogP contribution in [0.4, 0.5) is 0 Å². The van der Waals surface area contributed by atoms with E-state index in [0.29, 0.717) is 31.7 Å². The molecule has 2 saturated heterocycles. The molecule has 0 radical (unpaired) electrons. The second kappa shape index (κ2) is 6.55. The monoisotopic (exact) mass is 353 g/mol. The predicted molar refractivity (Wildman–Crippen MR) is 95.0 cm³/mol. The quantitative estimate of drug-likeness (QED) is 0.838. The fourth-order valence-electron chi connectivity index (χ4n) is 4.05. The molecule has 136 valence electrons. The van der Waals surface area contributed by atoms with E-state index in [9.17, 15) is 9.59 Å². The number of amides is 2. The SMILES string of the molecule is Cn1ccc(C(=O)N2CCC3(CC2)CC(=O)N(Cc2cccnc2)C3)n1. The Hall–Kier alpha value is -2.70. The molecule has 2 aliphatic rings. The van der Waals surface area contributed by atoms with Gasteiger partial charge in [0.2, 0.25) is 5.91 Å². The van der Waals surface area contributed by atoms with Crippen molar-refractivity contribution < 1.29 is 9.59 Å². The van der Waals surface area contributed by atoms with Crippen LogP contribution in [0.3, 0.4) is 0 Å². The standard InChI is InChI=1S/C19H23N5O2/c1-22-8-4-16(21-22)18(26)23-9-5-19(6-10-23)11-17(25)24(14-19)13-15-3-2-7-20-12-15/h2-4,7-8,12H,5-6,9-11,13-14H2,1H3. The number of pyridine rings is 1. The van der Waals surface area contributed by atoms with Crippen molar-refractivity contribution >= 4 is 11.8 Å². The average molecular weight is 353 g/mol. The van der Waals surface area contributed by atoms with Gasteiger partial charge >= 0.3 is 0 Å². The molecule has 4 heterocycles. The normalized spacial score (nSPS) is 19.3. The van der Waals surface area contributed by atoms with Crippen LogP contribution in [-0.2, 0) is 18.4 Å². The summed E-state index contributed by atoms with van der Waals surface area (Å²) in [5, 5.41) is 4.20. The largest absolute Gasteiger partial charge is 0.338 e. The van der Waals surface area contributed by atoms with E-state index >= 15 is 0 Å². The van der Waals surface area contributed by atoms with Gasteiger partial charge in [0.05, 0.1) is 0 Å². The third kappa shape index (κ3) is 3.21. The lowest BCUT2D eigenvalue weighted by Crippen LogP contribution is -2.44. The first-order chi connectivity index (χ1) is 12.5. The van der Waals surface area contributed by atoms with E-state index < -0.39 is 0 Å². The van der Waals surface area contributed by atoms with E-state index in [1.165, 1.54) is 0 Å². The molecular formula is C19H23N5O2. The lowest BCUT2D eigenvalue weighted by atomic mass is 9.77. The Labute approximate surface area is 152 Å². The second-order valence-corrected chi connectivity index (χ2v) is 7.45. The number of carbonyl (C=O) groups excluding carboxylic acids is 2. The highest BCUT2D eigenvalue weighted by molar-refractivity contribution is 5.92. The van der Waals surface area contributed by atoms with Gasteiger partial charge in [0.25, 0.3) is 5.91 Å². The van der Waals surface area contributed by atoms with Crippen LogP contribution in [0.1, 0.15) is 35.3 Å². The Bertz CT molecular complexity index is 808. The van der Waals surface area contributed by atoms with Gasteiger partial charge in [-0.15, -0.1) is 0 Å². The zero-order valence-corrected chi connectivity index (χ0v) is 15.0. The van der Waals surface area contributed by atoms with Crippen LogP contribution < -0.4 is 0 Å². The maximum absolute atomic E-state index is 12.6. The highest BCUT2D eigenvalue weighted by Gasteiger charge is 2.45. The van der Waals surface area contributed by atoms with Crippen molar-refractivity contribution in [2.75, 3.05) is 19.6 Å². The molecule has 7 heteroatoms. The molecule has 0 atom stereocenters. The zero-order chi connectivity index (χ0) is 18.1. The minimum Gasteiger partial charge on any atom is -0.338 e. The van der Waals surface area contributed by atoms with E-state index in [2.05, 4.69) is 10.1 Å². The molecule has 26 heavy (non-hydrogen) atoms. The first kappa shape index (κ1) is 16.8. The summed E-state index contributed by atoms with van der Waals surface area (Å²) in [5.41, 5.74) is 1.55. The summed E-state index contributed by atoms with van der Waals surface area (Å²) < 4.78 is 1.64. The molecular weight excluding hydrogens is 330 g/mol. The van der Waals surface area contributed by atoms with Gasteiger partial charge < -0.3 is 9.80 Å². The van der Waals surface area contributed by atoms with E-state index in [4.69, 9.17) is 0 Å². The number of hydrogen-bond donors (Lipinski definition) is 0. The van der Waals surface area contributed by atoms with Crippen LogP contribution in [0.15, 0.2) is 36.8 Å². The second-order valence-electron chi connectivity index (χ2n) is 7.45. The first-order valence-electron chi connectivity index (χ1n) is 9.00. The number of carbonyl (C=O) groups is 2. The van der Waals surface area contributed by atoms with E-state index in [1.807, 2.05) is 35.2 Å². The summed E-state index contributed by atoms with van der Waals surface area (Å²) in [5.74, 6) is 0.190. The Morgan fingerprint density at radius 2 is 2.08 bits per heavy atom. The third-order valence-corrected chi connectivity index (χ3v) is 5.55. The summed E-state index contributed by atoms with van der Waals surface area (Å²) in [7, 11) is 1.81. The Balaban J connectivity index is 1.38. The van der Waals surface area contributed by atoms with Crippen molar-refractivity contribution in [3.05, 3.63) is 48.0 Å². The minimum absolute atomic E-state index is 0.000187. The summed E-state index contributed by atoms with van der Waals surface area (Å²) >= 11 is 0. The molecule has 2 fully saturated rings. The maximum atomic E-state index is 12.6. The van der Waals surface area contributed by atoms with Crippen molar-refractivity contribution in [2.45, 2.75) is 25.8 Å². The molecule has 1 spiro atoms. The fourth-order valence-corrected chi connectivity index (χ4v) is 4.05. The third-order valence-electron chi connectivity index (χ3n) is 5.55. The number of nitrogens with zero attached hydrogens (tertiary/aromatic N) is 5. The van der Waals surface area contributed by atoms with Gasteiger partial charge in [-0.05, 0) is 30.5 Å². The molecule has 4 rings (SSSR count). The van der Waals surface area contributed by atoms with Crippen molar-refractivity contribution in [3.63, 3.8) is 0 Å². The van der Waals surface area contributed by atoms with Gasteiger partial charge in [0, 0.05) is 63.7 Å². The van der Waals surface area contributed by atoms with Gasteiger partial charge in [-0.2, -0.15) is 5.10 Å².